The number of nitrogens with two attached hydrogens (primary N) is 3. The molecule has 1 unspecified atom stereocenters. The second-order valence-electron chi connectivity index (χ2n) is 18.4. The van der Waals surface area contributed by atoms with Crippen LogP contribution in [0.15, 0.2) is 0 Å². The number of ether oxygens (including phenoxy) is 10. The Balaban J connectivity index is 1.57. The third-order valence-electron chi connectivity index (χ3n) is 12.6. The van der Waals surface area contributed by atoms with E-state index in [9.17, 15) is 94.4 Å². The summed E-state index contributed by atoms with van der Waals surface area (Å²) in [7, 11) is -5.76. The normalized spacial score (nSPS) is 43.7. The molecule has 0 bridgehead atoms. The van der Waals surface area contributed by atoms with E-state index in [1.807, 2.05) is 0 Å². The predicted molar refractivity (Wildman–Crippen MR) is 234 cm³/mol. The smallest absolute Gasteiger partial charge is 0.474 e. The van der Waals surface area contributed by atoms with E-state index in [0.29, 0.717) is 0 Å². The van der Waals surface area contributed by atoms with Gasteiger partial charge in [-0.1, -0.05) is 0 Å². The quantitative estimate of drug-likeness (QED) is 0.0475. The summed E-state index contributed by atoms with van der Waals surface area (Å²) in [6.45, 7) is 0.405. The number of primary amides is 3. The molecule has 0 aromatic carbocycles. The van der Waals surface area contributed by atoms with Gasteiger partial charge in [-0.3, -0.25) is 28.2 Å². The van der Waals surface area contributed by atoms with Gasteiger partial charge in [0.05, 0.1) is 25.9 Å². The molecule has 37 nitrogen and oxygen atoms in total. The van der Waals surface area contributed by atoms with Crippen molar-refractivity contribution >= 4 is 43.5 Å². The van der Waals surface area contributed by atoms with Crippen LogP contribution >= 0.6 is 7.82 Å². The van der Waals surface area contributed by atoms with Crippen LogP contribution in [-0.4, -0.2) is 281 Å². The number of hydrogen-bond donors (Lipinski definition) is 18. The third-order valence-corrected chi connectivity index (χ3v) is 13.5. The summed E-state index contributed by atoms with van der Waals surface area (Å²) < 4.78 is 80.0. The van der Waals surface area contributed by atoms with E-state index in [-0.39, 0.29) is 0 Å². The molecule has 5 rings (SSSR count). The summed E-state index contributed by atoms with van der Waals surface area (Å²) in [5.74, 6) is -6.70. The van der Waals surface area contributed by atoms with Gasteiger partial charge in [-0.2, -0.15) is 0 Å². The first-order valence-electron chi connectivity index (χ1n) is 23.0. The molecule has 21 N–H and O–H groups in total. The highest BCUT2D eigenvalue weighted by atomic mass is 31.2. The molecular formula is C39H64N5O32P. The summed E-state index contributed by atoms with van der Waals surface area (Å²) in [5, 5.41) is 132. The van der Waals surface area contributed by atoms with Crippen molar-refractivity contribution in [3.8, 4) is 0 Å². The molecule has 77 heavy (non-hydrogen) atoms. The molecule has 442 valence electrons. The van der Waals surface area contributed by atoms with E-state index >= 15 is 0 Å². The van der Waals surface area contributed by atoms with Gasteiger partial charge in [0.25, 0.3) is 0 Å². The Hall–Kier alpha value is -4.07. The monoisotopic (exact) mass is 1150 g/mol. The fourth-order valence-corrected chi connectivity index (χ4v) is 9.58. The molecule has 0 spiro atoms. The maximum absolute atomic E-state index is 13.2. The second-order valence-corrected chi connectivity index (χ2v) is 19.8. The van der Waals surface area contributed by atoms with Crippen molar-refractivity contribution in [1.29, 1.82) is 0 Å². The van der Waals surface area contributed by atoms with Crippen LogP contribution in [0.1, 0.15) is 27.7 Å². The van der Waals surface area contributed by atoms with E-state index < -0.39 is 222 Å². The fourth-order valence-electron chi connectivity index (χ4n) is 8.75. The van der Waals surface area contributed by atoms with Crippen molar-refractivity contribution in [2.24, 2.45) is 17.2 Å². The van der Waals surface area contributed by atoms with E-state index in [2.05, 4.69) is 15.2 Å². The average Bonchev–Trinajstić information content (AvgIpc) is 3.33. The number of phosphoric acid groups is 1. The molecule has 5 aliphatic heterocycles. The van der Waals surface area contributed by atoms with E-state index in [1.54, 1.807) is 0 Å². The molecule has 0 saturated carbocycles. The SMILES string of the molecule is CC(=O)N[C@H]1[C@H](O[C@H]2[C@H](O)[C@@H](NC(C)=O)[C@H](O[C@H]3[C@@H](OP(=O)(O)OC[C@@H](O)C(=O)O)O[C@H](C(N)=O)[C@@](C)(O)[C@@H]3OC(N)=O)O[C@@H]2CO[C@@H]2O[C@H](CO)[C@@H](O)[C@H](O)[C@H]2O)O[C@H](C)[C@@H](O[C@@H]2O[C@H](C(N)=O)[C@H](O)[C@H](O)[C@H]2O)[C@@H]1O. The van der Waals surface area contributed by atoms with Crippen molar-refractivity contribution in [1.82, 2.24) is 10.6 Å². The lowest BCUT2D eigenvalue weighted by Crippen LogP contribution is -2.72. The number of aliphatic hydroxyl groups is 11. The van der Waals surface area contributed by atoms with Crippen LogP contribution in [0.3, 0.4) is 0 Å². The van der Waals surface area contributed by atoms with Gasteiger partial charge in [0.1, 0.15) is 90.9 Å². The fraction of sp³-hybridized carbons (Fsp3) is 0.846. The summed E-state index contributed by atoms with van der Waals surface area (Å²) >= 11 is 0. The minimum Gasteiger partial charge on any atom is -0.479 e. The van der Waals surface area contributed by atoms with Gasteiger partial charge in [-0.25, -0.2) is 14.2 Å². The minimum absolute atomic E-state index is 0.764. The summed E-state index contributed by atoms with van der Waals surface area (Å²) in [4.78, 5) is 84.5. The Morgan fingerprint density at radius 3 is 1.71 bits per heavy atom. The number of amides is 5. The zero-order valence-electron chi connectivity index (χ0n) is 40.8. The molecule has 5 fully saturated rings. The summed E-state index contributed by atoms with van der Waals surface area (Å²) in [5.41, 5.74) is 13.1. The van der Waals surface area contributed by atoms with Crippen LogP contribution in [0, 0.1) is 0 Å². The van der Waals surface area contributed by atoms with Gasteiger partial charge in [-0.15, -0.1) is 0 Å². The maximum Gasteiger partial charge on any atom is 0.474 e. The standard InChI is InChI=1S/C39H64N5O32P/c1-8-24(70-36-23(56)20(53)21(54)26(72-36)30(40)57)17(50)14(43-9(2)46)33(67-8)71-25-13(7-65-35-22(55)19(52)16(49)12(5-45)68-35)69-34(15(18(25)51)44-10(3)47)73-27-28(75-38(42)61)39(4,62)29(31(41)58)74-37(27)76-77(63,64)66-6-11(48)32(59)60/h8,11-29,33-37,45,48-56,62H,5-7H2,1-4H3,(H2,40,57)(H2,41,58)(H2,42,61)(H,43,46)(H,44,47)(H,59,60)(H,63,64)/t8-,11-,12-,13-,14-,15-,16-,17-,18-,19+,20+,21-,22-,23-,24-,25-,26+,27-,28-,29-,33+,34+,35-,36-,37-,39+/m1/s1. The van der Waals surface area contributed by atoms with Crippen LogP contribution in [0.2, 0.25) is 0 Å². The van der Waals surface area contributed by atoms with Gasteiger partial charge in [0.2, 0.25) is 23.6 Å². The second kappa shape index (κ2) is 26.0. The van der Waals surface area contributed by atoms with Gasteiger partial charge < -0.3 is 141 Å². The highest BCUT2D eigenvalue weighted by molar-refractivity contribution is 7.47. The number of carbonyl (C=O) groups is 6. The third kappa shape index (κ3) is 14.8. The van der Waals surface area contributed by atoms with E-state index in [4.69, 9.17) is 74.2 Å². The Bertz CT molecular complexity index is 2130. The molecule has 5 amide bonds. The number of carbonyl (C=O) groups excluding carboxylic acids is 5. The highest BCUT2D eigenvalue weighted by Crippen LogP contribution is 2.49. The number of phosphoric ester groups is 1. The molecule has 5 saturated heterocycles. The van der Waals surface area contributed by atoms with E-state index in [0.717, 1.165) is 20.8 Å². The number of nitrogens with one attached hydrogen (secondary N) is 2. The minimum atomic E-state index is -5.76. The lowest BCUT2D eigenvalue weighted by molar-refractivity contribution is -0.375. The van der Waals surface area contributed by atoms with Crippen LogP contribution in [0.25, 0.3) is 0 Å². The number of aliphatic hydroxyl groups excluding tert-OH is 10. The summed E-state index contributed by atoms with van der Waals surface area (Å²) in [6.07, 6.45) is -49.9. The van der Waals surface area contributed by atoms with Crippen LogP contribution in [0.4, 0.5) is 4.79 Å². The molecule has 0 aromatic rings. The molecular weight excluding hydrogens is 1080 g/mol. The maximum atomic E-state index is 13.2. The topological polar surface area (TPSA) is 595 Å². The Labute approximate surface area is 433 Å². The average molecular weight is 1150 g/mol. The van der Waals surface area contributed by atoms with Gasteiger partial charge in [0, 0.05) is 13.8 Å². The van der Waals surface area contributed by atoms with Gasteiger partial charge >= 0.3 is 19.9 Å². The Morgan fingerprint density at radius 2 is 1.18 bits per heavy atom. The number of hydrogen-bond acceptors (Lipinski definition) is 30. The zero-order valence-corrected chi connectivity index (χ0v) is 41.7. The summed E-state index contributed by atoms with van der Waals surface area (Å²) in [6, 6.07) is -3.88. The predicted octanol–water partition coefficient (Wildman–Crippen LogP) is -11.5. The number of aliphatic carboxylic acids is 1. The number of carboxylic acids is 1. The van der Waals surface area contributed by atoms with Crippen molar-refractivity contribution in [3.05, 3.63) is 0 Å². The molecule has 38 heteroatoms. The first kappa shape index (κ1) is 63.8. The van der Waals surface area contributed by atoms with E-state index in [1.165, 1.54) is 6.92 Å². The number of carboxylic acid groups (broad SMARTS) is 1. The van der Waals surface area contributed by atoms with Gasteiger partial charge in [0.15, 0.2) is 62.0 Å². The molecule has 5 heterocycles. The van der Waals surface area contributed by atoms with Crippen molar-refractivity contribution in [2.75, 3.05) is 19.8 Å². The molecule has 27 atom stereocenters. The van der Waals surface area contributed by atoms with Crippen molar-refractivity contribution in [2.45, 2.75) is 187 Å². The Morgan fingerprint density at radius 1 is 0.662 bits per heavy atom. The zero-order chi connectivity index (χ0) is 57.9. The lowest BCUT2D eigenvalue weighted by atomic mass is 9.85. The van der Waals surface area contributed by atoms with Crippen molar-refractivity contribution < 1.29 is 156 Å². The van der Waals surface area contributed by atoms with Crippen LogP contribution in [-0.2, 0) is 85.0 Å². The largest absolute Gasteiger partial charge is 0.479 e. The van der Waals surface area contributed by atoms with Crippen LogP contribution < -0.4 is 27.8 Å². The molecule has 0 aromatic heterocycles. The first-order chi connectivity index (χ1) is 35.7. The molecule has 0 aliphatic carbocycles. The number of rotatable bonds is 21. The molecule has 5 aliphatic rings. The first-order valence-corrected chi connectivity index (χ1v) is 24.5. The lowest BCUT2D eigenvalue weighted by Gasteiger charge is -2.52. The van der Waals surface area contributed by atoms with Gasteiger partial charge in [-0.05, 0) is 13.8 Å². The van der Waals surface area contributed by atoms with Crippen molar-refractivity contribution in [3.63, 3.8) is 0 Å². The highest BCUT2D eigenvalue weighted by Gasteiger charge is 2.62. The van der Waals surface area contributed by atoms with Crippen LogP contribution in [0.5, 0.6) is 0 Å². The Kier molecular flexibility index (Phi) is 21.5. The molecule has 0 radical (unpaired) electrons.